The lowest BCUT2D eigenvalue weighted by Gasteiger charge is -2.69. The van der Waals surface area contributed by atoms with Crippen molar-refractivity contribution in [3.8, 4) is 0 Å². The molecule has 0 bridgehead atoms. The van der Waals surface area contributed by atoms with Crippen molar-refractivity contribution in [2.24, 2.45) is 22.2 Å². The average molecular weight is 223 g/mol. The summed E-state index contributed by atoms with van der Waals surface area (Å²) < 4.78 is 0. The SMILES string of the molecule is CCC1CC2(C)CCNC(=O)C12C(C)(C)C. The Balaban J connectivity index is 2.49. The van der Waals surface area contributed by atoms with Crippen LogP contribution in [-0.4, -0.2) is 12.5 Å². The van der Waals surface area contributed by atoms with Gasteiger partial charge in [-0.2, -0.15) is 0 Å². The first kappa shape index (κ1) is 11.9. The Kier molecular flexibility index (Phi) is 2.42. The van der Waals surface area contributed by atoms with E-state index in [9.17, 15) is 4.79 Å². The number of piperidine rings is 1. The van der Waals surface area contributed by atoms with E-state index in [1.165, 1.54) is 6.42 Å². The molecule has 3 atom stereocenters. The van der Waals surface area contributed by atoms with Crippen LogP contribution in [-0.2, 0) is 4.79 Å². The standard InChI is InChI=1S/C14H25NO/c1-6-10-9-13(5)7-8-15-11(16)14(10,13)12(2,3)4/h10H,6-9H2,1-5H3,(H,15,16). The van der Waals surface area contributed by atoms with E-state index in [4.69, 9.17) is 0 Å². The summed E-state index contributed by atoms with van der Waals surface area (Å²) in [5, 5.41) is 3.11. The molecule has 0 aromatic heterocycles. The number of carbonyl (C=O) groups is 1. The second-order valence-electron chi connectivity index (χ2n) is 6.93. The molecule has 3 unspecified atom stereocenters. The van der Waals surface area contributed by atoms with Crippen molar-refractivity contribution < 1.29 is 4.79 Å². The van der Waals surface area contributed by atoms with Gasteiger partial charge in [-0.15, -0.1) is 0 Å². The monoisotopic (exact) mass is 223 g/mol. The predicted octanol–water partition coefficient (Wildman–Crippen LogP) is 2.98. The maximum atomic E-state index is 12.5. The topological polar surface area (TPSA) is 29.1 Å². The minimum absolute atomic E-state index is 0.0607. The lowest BCUT2D eigenvalue weighted by molar-refractivity contribution is -0.218. The quantitative estimate of drug-likeness (QED) is 0.727. The number of hydrogen-bond donors (Lipinski definition) is 1. The Morgan fingerprint density at radius 3 is 2.50 bits per heavy atom. The number of carbonyl (C=O) groups excluding carboxylic acids is 1. The number of fused-ring (bicyclic) bond motifs is 1. The molecule has 2 aliphatic rings. The molecule has 1 aliphatic heterocycles. The molecule has 1 heterocycles. The zero-order chi connectivity index (χ0) is 12.2. The summed E-state index contributed by atoms with van der Waals surface area (Å²) in [5.74, 6) is 0.879. The smallest absolute Gasteiger partial charge is 0.227 e. The van der Waals surface area contributed by atoms with Crippen LogP contribution >= 0.6 is 0 Å². The van der Waals surface area contributed by atoms with E-state index in [1.807, 2.05) is 0 Å². The van der Waals surface area contributed by atoms with Gasteiger partial charge in [-0.25, -0.2) is 0 Å². The molecule has 0 spiro atoms. The van der Waals surface area contributed by atoms with Crippen molar-refractivity contribution in [1.29, 1.82) is 0 Å². The Hall–Kier alpha value is -0.530. The minimum atomic E-state index is -0.132. The van der Waals surface area contributed by atoms with E-state index < -0.39 is 0 Å². The van der Waals surface area contributed by atoms with Crippen LogP contribution in [0, 0.1) is 22.2 Å². The first-order valence-electron chi connectivity index (χ1n) is 6.58. The molecule has 2 heteroatoms. The highest BCUT2D eigenvalue weighted by Crippen LogP contribution is 2.71. The lowest BCUT2D eigenvalue weighted by atomic mass is 9.34. The maximum Gasteiger partial charge on any atom is 0.227 e. The Morgan fingerprint density at radius 1 is 1.44 bits per heavy atom. The summed E-state index contributed by atoms with van der Waals surface area (Å²) in [4.78, 5) is 12.5. The van der Waals surface area contributed by atoms with Crippen LogP contribution in [0.5, 0.6) is 0 Å². The van der Waals surface area contributed by atoms with Crippen molar-refractivity contribution in [2.45, 2.75) is 53.9 Å². The Labute approximate surface area is 99.2 Å². The number of hydrogen-bond acceptors (Lipinski definition) is 1. The molecule has 16 heavy (non-hydrogen) atoms. The van der Waals surface area contributed by atoms with Gasteiger partial charge < -0.3 is 5.32 Å². The summed E-state index contributed by atoms with van der Waals surface area (Å²) in [6.07, 6.45) is 3.50. The van der Waals surface area contributed by atoms with Gasteiger partial charge in [-0.1, -0.05) is 41.0 Å². The highest BCUT2D eigenvalue weighted by molar-refractivity contribution is 5.87. The molecule has 0 aromatic carbocycles. The van der Waals surface area contributed by atoms with E-state index in [-0.39, 0.29) is 16.2 Å². The highest BCUT2D eigenvalue weighted by atomic mass is 16.2. The second-order valence-corrected chi connectivity index (χ2v) is 6.93. The van der Waals surface area contributed by atoms with Crippen molar-refractivity contribution in [3.05, 3.63) is 0 Å². The summed E-state index contributed by atoms with van der Waals surface area (Å²) in [6.45, 7) is 12.1. The van der Waals surface area contributed by atoms with Gasteiger partial charge >= 0.3 is 0 Å². The van der Waals surface area contributed by atoms with Gasteiger partial charge in [-0.05, 0) is 29.6 Å². The number of rotatable bonds is 1. The number of amides is 1. The van der Waals surface area contributed by atoms with Crippen LogP contribution < -0.4 is 5.32 Å². The first-order chi connectivity index (χ1) is 7.29. The van der Waals surface area contributed by atoms with Crippen molar-refractivity contribution in [3.63, 3.8) is 0 Å². The van der Waals surface area contributed by atoms with Gasteiger partial charge in [0, 0.05) is 6.54 Å². The van der Waals surface area contributed by atoms with Crippen molar-refractivity contribution in [2.75, 3.05) is 6.54 Å². The Morgan fingerprint density at radius 2 is 2.06 bits per heavy atom. The van der Waals surface area contributed by atoms with Crippen LogP contribution in [0.1, 0.15) is 53.9 Å². The normalized spacial score (nSPS) is 43.3. The average Bonchev–Trinajstić information content (AvgIpc) is 2.10. The van der Waals surface area contributed by atoms with Gasteiger partial charge in [0.1, 0.15) is 0 Å². The molecule has 1 saturated carbocycles. The van der Waals surface area contributed by atoms with Crippen molar-refractivity contribution >= 4 is 5.91 Å². The summed E-state index contributed by atoms with van der Waals surface area (Å²) in [6, 6.07) is 0. The number of nitrogens with one attached hydrogen (secondary N) is 1. The fourth-order valence-electron chi connectivity index (χ4n) is 4.88. The molecule has 1 amide bonds. The maximum absolute atomic E-state index is 12.5. The molecule has 1 aliphatic carbocycles. The van der Waals surface area contributed by atoms with Crippen LogP contribution in [0.2, 0.25) is 0 Å². The third-order valence-electron chi connectivity index (χ3n) is 5.26. The van der Waals surface area contributed by atoms with Gasteiger partial charge in [0.25, 0.3) is 0 Å². The molecule has 0 radical (unpaired) electrons. The highest BCUT2D eigenvalue weighted by Gasteiger charge is 2.71. The zero-order valence-electron chi connectivity index (χ0n) is 11.3. The van der Waals surface area contributed by atoms with E-state index in [0.29, 0.717) is 11.8 Å². The van der Waals surface area contributed by atoms with Gasteiger partial charge in [0.15, 0.2) is 0 Å². The predicted molar refractivity (Wildman–Crippen MR) is 66.0 cm³/mol. The molecule has 2 rings (SSSR count). The lowest BCUT2D eigenvalue weighted by Crippen LogP contribution is -2.72. The fourth-order valence-corrected chi connectivity index (χ4v) is 4.88. The van der Waals surface area contributed by atoms with E-state index in [0.717, 1.165) is 19.4 Å². The van der Waals surface area contributed by atoms with Crippen LogP contribution in [0.15, 0.2) is 0 Å². The van der Waals surface area contributed by atoms with Crippen LogP contribution in [0.25, 0.3) is 0 Å². The summed E-state index contributed by atoms with van der Waals surface area (Å²) >= 11 is 0. The second kappa shape index (κ2) is 3.24. The van der Waals surface area contributed by atoms with Gasteiger partial charge in [0.2, 0.25) is 5.91 Å². The third-order valence-corrected chi connectivity index (χ3v) is 5.26. The van der Waals surface area contributed by atoms with Gasteiger partial charge in [-0.3, -0.25) is 4.79 Å². The third kappa shape index (κ3) is 1.11. The van der Waals surface area contributed by atoms with Crippen LogP contribution in [0.4, 0.5) is 0 Å². The first-order valence-corrected chi connectivity index (χ1v) is 6.58. The molecule has 1 N–H and O–H groups in total. The van der Waals surface area contributed by atoms with Gasteiger partial charge in [0.05, 0.1) is 5.41 Å². The molecule has 0 aromatic rings. The molecule has 2 nitrogen and oxygen atoms in total. The van der Waals surface area contributed by atoms with E-state index in [2.05, 4.69) is 39.9 Å². The zero-order valence-corrected chi connectivity index (χ0v) is 11.3. The summed E-state index contributed by atoms with van der Waals surface area (Å²) in [7, 11) is 0. The molecule has 2 fully saturated rings. The molecular formula is C14H25NO. The minimum Gasteiger partial charge on any atom is -0.356 e. The molecule has 92 valence electrons. The van der Waals surface area contributed by atoms with Crippen molar-refractivity contribution in [1.82, 2.24) is 5.32 Å². The van der Waals surface area contributed by atoms with Crippen LogP contribution in [0.3, 0.4) is 0 Å². The molecular weight excluding hydrogens is 198 g/mol. The Bertz CT molecular complexity index is 317. The largest absolute Gasteiger partial charge is 0.356 e. The summed E-state index contributed by atoms with van der Waals surface area (Å²) in [5.41, 5.74) is 0.159. The molecule has 1 saturated heterocycles. The van der Waals surface area contributed by atoms with E-state index >= 15 is 0 Å². The van der Waals surface area contributed by atoms with E-state index in [1.54, 1.807) is 0 Å². The fraction of sp³-hybridized carbons (Fsp3) is 0.929.